The third-order valence-electron chi connectivity index (χ3n) is 3.55. The van der Waals surface area contributed by atoms with Crippen molar-refractivity contribution in [3.63, 3.8) is 0 Å². The fourth-order valence-corrected chi connectivity index (χ4v) is 2.36. The minimum atomic E-state index is -0.416. The smallest absolute Gasteiger partial charge is 0.251 e. The van der Waals surface area contributed by atoms with E-state index in [1.165, 1.54) is 0 Å². The third kappa shape index (κ3) is 1.60. The van der Waals surface area contributed by atoms with Gasteiger partial charge in [0.05, 0.1) is 6.54 Å². The van der Waals surface area contributed by atoms with Crippen LogP contribution in [0.15, 0.2) is 22.7 Å². The molecule has 0 bridgehead atoms. The molecule has 1 aromatic carbocycles. The molecular formula is C13H13N3O3. The molecule has 1 aliphatic heterocycles. The Labute approximate surface area is 109 Å². The number of ether oxygens (including phenoxy) is 2. The van der Waals surface area contributed by atoms with Gasteiger partial charge in [-0.15, -0.1) is 0 Å². The van der Waals surface area contributed by atoms with Crippen LogP contribution in [0.4, 0.5) is 0 Å². The SMILES string of the molecule is NCc1nc(-c2ccc3c(c2)OC2(CCC2)O3)no1. The van der Waals surface area contributed by atoms with Crippen molar-refractivity contribution in [1.82, 2.24) is 10.1 Å². The Kier molecular flexibility index (Phi) is 2.11. The van der Waals surface area contributed by atoms with Gasteiger partial charge in [0.1, 0.15) is 0 Å². The minimum absolute atomic E-state index is 0.237. The van der Waals surface area contributed by atoms with E-state index < -0.39 is 5.79 Å². The number of benzene rings is 1. The average Bonchev–Trinajstić information content (AvgIpc) is 3.01. The highest BCUT2D eigenvalue weighted by molar-refractivity contribution is 5.61. The van der Waals surface area contributed by atoms with Crippen LogP contribution < -0.4 is 15.2 Å². The summed E-state index contributed by atoms with van der Waals surface area (Å²) in [4.78, 5) is 4.20. The minimum Gasteiger partial charge on any atom is -0.448 e. The summed E-state index contributed by atoms with van der Waals surface area (Å²) in [5.74, 6) is 2.05. The Morgan fingerprint density at radius 1 is 1.21 bits per heavy atom. The van der Waals surface area contributed by atoms with Crippen LogP contribution in [0, 0.1) is 0 Å². The van der Waals surface area contributed by atoms with Crippen molar-refractivity contribution in [3.8, 4) is 22.9 Å². The summed E-state index contributed by atoms with van der Waals surface area (Å²) in [6.07, 6.45) is 3.03. The van der Waals surface area contributed by atoms with Crippen molar-refractivity contribution >= 4 is 0 Å². The largest absolute Gasteiger partial charge is 0.448 e. The van der Waals surface area contributed by atoms with Crippen molar-refractivity contribution in [2.45, 2.75) is 31.6 Å². The second kappa shape index (κ2) is 3.71. The molecule has 0 unspecified atom stereocenters. The normalized spacial score (nSPS) is 18.6. The van der Waals surface area contributed by atoms with Gasteiger partial charge in [0.2, 0.25) is 11.7 Å². The summed E-state index contributed by atoms with van der Waals surface area (Å²) in [5, 5.41) is 3.89. The summed E-state index contributed by atoms with van der Waals surface area (Å²) in [6.45, 7) is 0.237. The van der Waals surface area contributed by atoms with Gasteiger partial charge in [0, 0.05) is 18.4 Å². The average molecular weight is 259 g/mol. The predicted molar refractivity (Wildman–Crippen MR) is 65.5 cm³/mol. The van der Waals surface area contributed by atoms with Crippen molar-refractivity contribution in [3.05, 3.63) is 24.1 Å². The molecule has 6 heteroatoms. The second-order valence-electron chi connectivity index (χ2n) is 4.85. The monoisotopic (exact) mass is 259 g/mol. The van der Waals surface area contributed by atoms with Crippen LogP contribution >= 0.6 is 0 Å². The predicted octanol–water partition coefficient (Wildman–Crippen LogP) is 1.85. The van der Waals surface area contributed by atoms with Gasteiger partial charge in [0.15, 0.2) is 11.5 Å². The van der Waals surface area contributed by atoms with Crippen LogP contribution in [0.1, 0.15) is 25.2 Å². The standard InChI is InChI=1S/C13H13N3O3/c14-7-11-15-12(16-19-11)8-2-3-9-10(6-8)18-13(17-9)4-1-5-13/h2-3,6H,1,4-5,7,14H2. The zero-order valence-electron chi connectivity index (χ0n) is 10.3. The zero-order valence-corrected chi connectivity index (χ0v) is 10.3. The lowest BCUT2D eigenvalue weighted by Crippen LogP contribution is -2.45. The van der Waals surface area contributed by atoms with Crippen molar-refractivity contribution in [1.29, 1.82) is 0 Å². The van der Waals surface area contributed by atoms with E-state index in [9.17, 15) is 0 Å². The maximum Gasteiger partial charge on any atom is 0.251 e. The van der Waals surface area contributed by atoms with Gasteiger partial charge >= 0.3 is 0 Å². The first-order valence-corrected chi connectivity index (χ1v) is 6.33. The Balaban J connectivity index is 1.67. The molecule has 4 rings (SSSR count). The fourth-order valence-electron chi connectivity index (χ4n) is 2.36. The first-order chi connectivity index (χ1) is 9.28. The number of nitrogens with zero attached hydrogens (tertiary/aromatic N) is 2. The number of hydrogen-bond donors (Lipinski definition) is 1. The van der Waals surface area contributed by atoms with E-state index in [0.717, 1.165) is 36.3 Å². The Morgan fingerprint density at radius 3 is 2.74 bits per heavy atom. The number of aromatic nitrogens is 2. The molecule has 19 heavy (non-hydrogen) atoms. The summed E-state index contributed by atoms with van der Waals surface area (Å²) < 4.78 is 16.7. The molecule has 1 aliphatic carbocycles. The molecule has 1 saturated carbocycles. The highest BCUT2D eigenvalue weighted by atomic mass is 16.7. The molecule has 0 amide bonds. The molecule has 0 radical (unpaired) electrons. The van der Waals surface area contributed by atoms with Crippen LogP contribution in [0.3, 0.4) is 0 Å². The maximum atomic E-state index is 5.89. The molecule has 2 aromatic rings. The molecule has 0 atom stereocenters. The second-order valence-corrected chi connectivity index (χ2v) is 4.85. The topological polar surface area (TPSA) is 83.4 Å². The van der Waals surface area contributed by atoms with Crippen LogP contribution in [-0.4, -0.2) is 15.9 Å². The van der Waals surface area contributed by atoms with Gasteiger partial charge < -0.3 is 19.7 Å². The van der Waals surface area contributed by atoms with Gasteiger partial charge in [-0.25, -0.2) is 0 Å². The van der Waals surface area contributed by atoms with E-state index in [0.29, 0.717) is 11.7 Å². The van der Waals surface area contributed by atoms with E-state index in [2.05, 4.69) is 10.1 Å². The first-order valence-electron chi connectivity index (χ1n) is 6.33. The van der Waals surface area contributed by atoms with E-state index in [1.807, 2.05) is 18.2 Å². The Bertz CT molecular complexity index is 634. The van der Waals surface area contributed by atoms with Crippen LogP contribution in [0.5, 0.6) is 11.5 Å². The van der Waals surface area contributed by atoms with E-state index in [1.54, 1.807) is 0 Å². The number of rotatable bonds is 2. The van der Waals surface area contributed by atoms with Crippen LogP contribution in [0.25, 0.3) is 11.4 Å². The van der Waals surface area contributed by atoms with E-state index in [-0.39, 0.29) is 6.54 Å². The number of nitrogens with two attached hydrogens (primary N) is 1. The van der Waals surface area contributed by atoms with E-state index >= 15 is 0 Å². The van der Waals surface area contributed by atoms with Crippen molar-refractivity contribution in [2.75, 3.05) is 0 Å². The Morgan fingerprint density at radius 2 is 2.05 bits per heavy atom. The van der Waals surface area contributed by atoms with Gasteiger partial charge in [0.25, 0.3) is 5.79 Å². The molecule has 98 valence electrons. The molecule has 1 fully saturated rings. The molecular weight excluding hydrogens is 246 g/mol. The summed E-state index contributed by atoms with van der Waals surface area (Å²) >= 11 is 0. The van der Waals surface area contributed by atoms with Gasteiger partial charge in [-0.2, -0.15) is 4.98 Å². The Hall–Kier alpha value is -2.08. The highest BCUT2D eigenvalue weighted by Gasteiger charge is 2.47. The molecule has 1 spiro atoms. The number of hydrogen-bond acceptors (Lipinski definition) is 6. The zero-order chi connectivity index (χ0) is 12.9. The van der Waals surface area contributed by atoms with Gasteiger partial charge in [-0.05, 0) is 24.6 Å². The van der Waals surface area contributed by atoms with Crippen molar-refractivity contribution in [2.24, 2.45) is 5.73 Å². The highest BCUT2D eigenvalue weighted by Crippen LogP contribution is 2.48. The molecule has 0 saturated heterocycles. The number of fused-ring (bicyclic) bond motifs is 1. The van der Waals surface area contributed by atoms with Crippen molar-refractivity contribution < 1.29 is 14.0 Å². The lowest BCUT2D eigenvalue weighted by molar-refractivity contribution is -0.138. The first kappa shape index (κ1) is 10.8. The molecule has 1 aromatic heterocycles. The summed E-state index contributed by atoms with van der Waals surface area (Å²) in [5.41, 5.74) is 6.29. The summed E-state index contributed by atoms with van der Waals surface area (Å²) in [7, 11) is 0. The quantitative estimate of drug-likeness (QED) is 0.886. The van der Waals surface area contributed by atoms with Gasteiger partial charge in [-0.1, -0.05) is 5.16 Å². The van der Waals surface area contributed by atoms with E-state index in [4.69, 9.17) is 19.7 Å². The third-order valence-corrected chi connectivity index (χ3v) is 3.55. The summed E-state index contributed by atoms with van der Waals surface area (Å²) in [6, 6.07) is 5.66. The van der Waals surface area contributed by atoms with Gasteiger partial charge in [-0.3, -0.25) is 0 Å². The molecule has 2 N–H and O–H groups in total. The maximum absolute atomic E-state index is 5.89. The molecule has 2 aliphatic rings. The lowest BCUT2D eigenvalue weighted by atomic mass is 9.91. The van der Waals surface area contributed by atoms with Crippen LogP contribution in [0.2, 0.25) is 0 Å². The fraction of sp³-hybridized carbons (Fsp3) is 0.385. The van der Waals surface area contributed by atoms with Crippen LogP contribution in [-0.2, 0) is 6.54 Å². The molecule has 2 heterocycles. The molecule has 6 nitrogen and oxygen atoms in total. The lowest BCUT2D eigenvalue weighted by Gasteiger charge is -2.35.